The van der Waals surface area contributed by atoms with Crippen LogP contribution in [0.25, 0.3) is 0 Å². The van der Waals surface area contributed by atoms with Crippen molar-refractivity contribution < 1.29 is 14.3 Å². The van der Waals surface area contributed by atoms with Gasteiger partial charge in [0.15, 0.2) is 0 Å². The van der Waals surface area contributed by atoms with E-state index >= 15 is 0 Å². The molecule has 1 aromatic heterocycles. The Kier molecular flexibility index (Phi) is 7.40. The number of carbonyl (C=O) groups is 2. The van der Waals surface area contributed by atoms with Crippen LogP contribution in [0.15, 0.2) is 78.9 Å². The maximum absolute atomic E-state index is 12.9. The molecular formula is C30H30N6O3. The lowest BCUT2D eigenvalue weighted by Crippen LogP contribution is -2.28. The number of hydrogen-bond acceptors (Lipinski definition) is 7. The summed E-state index contributed by atoms with van der Waals surface area (Å²) < 4.78 is 5.18. The normalized spacial score (nSPS) is 14.7. The lowest BCUT2D eigenvalue weighted by Gasteiger charge is -2.17. The summed E-state index contributed by atoms with van der Waals surface area (Å²) in [5.74, 6) is 2.00. The first kappa shape index (κ1) is 25.7. The van der Waals surface area contributed by atoms with Crippen LogP contribution in [0.3, 0.4) is 0 Å². The molecule has 9 heteroatoms. The van der Waals surface area contributed by atoms with Crippen molar-refractivity contribution in [3.8, 4) is 5.75 Å². The Morgan fingerprint density at radius 1 is 0.846 bits per heavy atom. The van der Waals surface area contributed by atoms with Crippen LogP contribution in [0, 0.1) is 19.8 Å². The van der Waals surface area contributed by atoms with Gasteiger partial charge in [-0.2, -0.15) is 0 Å². The van der Waals surface area contributed by atoms with Crippen LogP contribution in [0.4, 0.5) is 34.4 Å². The molecule has 198 valence electrons. The van der Waals surface area contributed by atoms with Crippen LogP contribution < -0.4 is 25.6 Å². The highest BCUT2D eigenvalue weighted by molar-refractivity contribution is 6.03. The second kappa shape index (κ2) is 11.2. The van der Waals surface area contributed by atoms with E-state index in [0.717, 1.165) is 17.1 Å². The standard InChI is InChI=1S/C30H30N6O3/c1-19-4-6-22(7-5-19)33-27-17-28(32-20(2)31-27)34-23-8-10-24(11-9-23)35-30(38)21-16-29(37)36(18-21)25-12-14-26(39-3)15-13-25/h4-15,17,21H,16,18H2,1-3H3,(H,35,38)(H2,31,32,33,34). The Morgan fingerprint density at radius 3 is 2.00 bits per heavy atom. The van der Waals surface area contributed by atoms with Crippen molar-refractivity contribution in [1.29, 1.82) is 0 Å². The maximum atomic E-state index is 12.9. The maximum Gasteiger partial charge on any atom is 0.229 e. The number of anilines is 6. The molecule has 0 spiro atoms. The Labute approximate surface area is 227 Å². The van der Waals surface area contributed by atoms with Crippen molar-refractivity contribution in [2.24, 2.45) is 5.92 Å². The first-order valence-corrected chi connectivity index (χ1v) is 12.7. The minimum Gasteiger partial charge on any atom is -0.497 e. The van der Waals surface area contributed by atoms with Crippen molar-refractivity contribution in [3.63, 3.8) is 0 Å². The summed E-state index contributed by atoms with van der Waals surface area (Å²) in [6, 6.07) is 24.5. The number of aromatic nitrogens is 2. The zero-order valence-corrected chi connectivity index (χ0v) is 22.1. The van der Waals surface area contributed by atoms with Gasteiger partial charge in [-0.3, -0.25) is 9.59 Å². The third-order valence-corrected chi connectivity index (χ3v) is 6.47. The predicted octanol–water partition coefficient (Wildman–Crippen LogP) is 5.58. The summed E-state index contributed by atoms with van der Waals surface area (Å²) in [5, 5.41) is 9.53. The Morgan fingerprint density at radius 2 is 1.41 bits per heavy atom. The molecule has 2 amide bonds. The molecule has 9 nitrogen and oxygen atoms in total. The number of aryl methyl sites for hydroxylation is 2. The number of ether oxygens (including phenoxy) is 1. The summed E-state index contributed by atoms with van der Waals surface area (Å²) in [5.41, 5.74) is 4.36. The summed E-state index contributed by atoms with van der Waals surface area (Å²) >= 11 is 0. The molecule has 1 fully saturated rings. The molecule has 1 aliphatic rings. The van der Waals surface area contributed by atoms with E-state index in [4.69, 9.17) is 4.74 Å². The van der Waals surface area contributed by atoms with Crippen LogP contribution in [0.1, 0.15) is 17.8 Å². The molecular weight excluding hydrogens is 492 g/mol. The number of benzene rings is 3. The highest BCUT2D eigenvalue weighted by Crippen LogP contribution is 2.28. The van der Waals surface area contributed by atoms with Gasteiger partial charge in [-0.15, -0.1) is 0 Å². The molecule has 1 unspecified atom stereocenters. The summed E-state index contributed by atoms with van der Waals surface area (Å²) in [4.78, 5) is 36.1. The third kappa shape index (κ3) is 6.32. The molecule has 1 atom stereocenters. The lowest BCUT2D eigenvalue weighted by atomic mass is 10.1. The average Bonchev–Trinajstić information content (AvgIpc) is 3.32. The summed E-state index contributed by atoms with van der Waals surface area (Å²) in [6.45, 7) is 4.22. The number of hydrogen-bond donors (Lipinski definition) is 3. The Hall–Kier alpha value is -4.92. The number of nitrogens with one attached hydrogen (secondary N) is 3. The van der Waals surface area contributed by atoms with E-state index in [2.05, 4.69) is 25.9 Å². The van der Waals surface area contributed by atoms with Crippen LogP contribution in [0.5, 0.6) is 5.75 Å². The monoisotopic (exact) mass is 522 g/mol. The fourth-order valence-electron chi connectivity index (χ4n) is 4.40. The van der Waals surface area contributed by atoms with E-state index in [9.17, 15) is 9.59 Å². The minimum atomic E-state index is -0.430. The summed E-state index contributed by atoms with van der Waals surface area (Å²) in [7, 11) is 1.59. The van der Waals surface area contributed by atoms with Gasteiger partial charge in [0.05, 0.1) is 13.0 Å². The summed E-state index contributed by atoms with van der Waals surface area (Å²) in [6.07, 6.45) is 0.170. The minimum absolute atomic E-state index is 0.0729. The van der Waals surface area contributed by atoms with Crippen LogP contribution in [-0.4, -0.2) is 35.4 Å². The molecule has 4 aromatic rings. The van der Waals surface area contributed by atoms with Crippen LogP contribution in [-0.2, 0) is 9.59 Å². The highest BCUT2D eigenvalue weighted by atomic mass is 16.5. The number of amides is 2. The van der Waals surface area contributed by atoms with Crippen molar-refractivity contribution in [2.45, 2.75) is 20.3 Å². The van der Waals surface area contributed by atoms with Gasteiger partial charge >= 0.3 is 0 Å². The predicted molar refractivity (Wildman–Crippen MR) is 153 cm³/mol. The molecule has 1 saturated heterocycles. The van der Waals surface area contributed by atoms with Crippen molar-refractivity contribution in [3.05, 3.63) is 90.3 Å². The van der Waals surface area contributed by atoms with Gasteiger partial charge in [0.25, 0.3) is 0 Å². The largest absolute Gasteiger partial charge is 0.497 e. The average molecular weight is 523 g/mol. The fraction of sp³-hybridized carbons (Fsp3) is 0.200. The second-order valence-electron chi connectivity index (χ2n) is 9.47. The van der Waals surface area contributed by atoms with E-state index in [0.29, 0.717) is 35.4 Å². The van der Waals surface area contributed by atoms with E-state index in [1.54, 1.807) is 24.1 Å². The molecule has 5 rings (SSSR count). The van der Waals surface area contributed by atoms with Crippen molar-refractivity contribution in [1.82, 2.24) is 9.97 Å². The quantitative estimate of drug-likeness (QED) is 0.277. The van der Waals surface area contributed by atoms with Gasteiger partial charge < -0.3 is 25.6 Å². The topological polar surface area (TPSA) is 108 Å². The zero-order chi connectivity index (χ0) is 27.4. The molecule has 0 bridgehead atoms. The molecule has 3 aromatic carbocycles. The molecule has 39 heavy (non-hydrogen) atoms. The van der Waals surface area contributed by atoms with Crippen molar-refractivity contribution >= 4 is 46.2 Å². The van der Waals surface area contributed by atoms with Crippen LogP contribution >= 0.6 is 0 Å². The fourth-order valence-corrected chi connectivity index (χ4v) is 4.40. The van der Waals surface area contributed by atoms with Crippen molar-refractivity contribution in [2.75, 3.05) is 34.5 Å². The number of methoxy groups -OCH3 is 1. The Bertz CT molecular complexity index is 1470. The molecule has 3 N–H and O–H groups in total. The molecule has 1 aliphatic heterocycles. The van der Waals surface area contributed by atoms with Gasteiger partial charge in [-0.05, 0) is 74.5 Å². The van der Waals surface area contributed by atoms with Gasteiger partial charge in [0, 0.05) is 41.8 Å². The smallest absolute Gasteiger partial charge is 0.229 e. The van der Waals surface area contributed by atoms with E-state index in [-0.39, 0.29) is 18.2 Å². The lowest BCUT2D eigenvalue weighted by molar-refractivity contribution is -0.122. The van der Waals surface area contributed by atoms with Gasteiger partial charge in [-0.1, -0.05) is 17.7 Å². The number of rotatable bonds is 8. The van der Waals surface area contributed by atoms with E-state index < -0.39 is 5.92 Å². The highest BCUT2D eigenvalue weighted by Gasteiger charge is 2.35. The SMILES string of the molecule is COc1ccc(N2CC(C(=O)Nc3ccc(Nc4cc(Nc5ccc(C)cc5)nc(C)n4)cc3)CC2=O)cc1. The van der Waals surface area contributed by atoms with Gasteiger partial charge in [0.2, 0.25) is 11.8 Å². The van der Waals surface area contributed by atoms with Crippen LogP contribution in [0.2, 0.25) is 0 Å². The third-order valence-electron chi connectivity index (χ3n) is 6.47. The number of carbonyl (C=O) groups excluding carboxylic acids is 2. The number of nitrogens with zero attached hydrogens (tertiary/aromatic N) is 3. The van der Waals surface area contributed by atoms with Gasteiger partial charge in [-0.25, -0.2) is 9.97 Å². The van der Waals surface area contributed by atoms with E-state index in [1.807, 2.05) is 80.6 Å². The first-order chi connectivity index (χ1) is 18.9. The zero-order valence-electron chi connectivity index (χ0n) is 22.1. The molecule has 0 aliphatic carbocycles. The molecule has 0 saturated carbocycles. The molecule has 2 heterocycles. The first-order valence-electron chi connectivity index (χ1n) is 12.7. The second-order valence-corrected chi connectivity index (χ2v) is 9.47. The van der Waals surface area contributed by atoms with E-state index in [1.165, 1.54) is 5.56 Å². The Balaban J connectivity index is 1.19. The van der Waals surface area contributed by atoms with Gasteiger partial charge in [0.1, 0.15) is 23.2 Å². The molecule has 0 radical (unpaired) electrons.